The molecule has 1 aromatic rings. The van der Waals surface area contributed by atoms with Crippen molar-refractivity contribution < 1.29 is 19.1 Å². The lowest BCUT2D eigenvalue weighted by atomic mass is 10.0. The van der Waals surface area contributed by atoms with Crippen LogP contribution in [0.25, 0.3) is 0 Å². The third kappa shape index (κ3) is 4.73. The van der Waals surface area contributed by atoms with Gasteiger partial charge in [-0.3, -0.25) is 9.59 Å². The Morgan fingerprint density at radius 2 is 1.77 bits per heavy atom. The van der Waals surface area contributed by atoms with Crippen molar-refractivity contribution in [3.05, 3.63) is 42.5 Å². The van der Waals surface area contributed by atoms with E-state index in [1.165, 1.54) is 7.11 Å². The molecule has 1 unspecified atom stereocenters. The van der Waals surface area contributed by atoms with Crippen LogP contribution in [0, 0.1) is 5.92 Å². The maximum Gasteiger partial charge on any atom is 0.328 e. The second-order valence-corrected chi connectivity index (χ2v) is 4.99. The minimum absolute atomic E-state index is 0.0949. The molecule has 0 saturated heterocycles. The number of hydrogen-bond donors (Lipinski definition) is 2. The summed E-state index contributed by atoms with van der Waals surface area (Å²) in [7, 11) is 1.28. The quantitative estimate of drug-likeness (QED) is 0.619. The van der Waals surface area contributed by atoms with Gasteiger partial charge in [0.25, 0.3) is 5.91 Å². The molecule has 0 bridgehead atoms. The van der Waals surface area contributed by atoms with Crippen molar-refractivity contribution in [2.45, 2.75) is 19.9 Å². The van der Waals surface area contributed by atoms with Crippen LogP contribution in [0.5, 0.6) is 0 Å². The molecular weight excluding hydrogens is 284 g/mol. The zero-order valence-electron chi connectivity index (χ0n) is 12.9. The molecule has 118 valence electrons. The van der Waals surface area contributed by atoms with Crippen LogP contribution in [0.2, 0.25) is 0 Å². The zero-order valence-corrected chi connectivity index (χ0v) is 12.9. The lowest BCUT2D eigenvalue weighted by molar-refractivity contribution is -0.144. The Bertz CT molecular complexity index is 564. The molecule has 0 aliphatic rings. The van der Waals surface area contributed by atoms with E-state index in [9.17, 15) is 14.4 Å². The van der Waals surface area contributed by atoms with Gasteiger partial charge in [-0.15, -0.1) is 0 Å². The Morgan fingerprint density at radius 1 is 1.18 bits per heavy atom. The summed E-state index contributed by atoms with van der Waals surface area (Å²) in [6, 6.07) is 5.60. The fourth-order valence-electron chi connectivity index (χ4n) is 1.75. The minimum atomic E-state index is -0.711. The van der Waals surface area contributed by atoms with Crippen molar-refractivity contribution in [3.8, 4) is 0 Å². The Balaban J connectivity index is 2.78. The molecule has 1 atom stereocenters. The van der Waals surface area contributed by atoms with Crippen LogP contribution in [-0.2, 0) is 14.3 Å². The first-order valence-electron chi connectivity index (χ1n) is 6.81. The van der Waals surface area contributed by atoms with Crippen molar-refractivity contribution in [2.75, 3.05) is 12.4 Å². The Kier molecular flexibility index (Phi) is 6.31. The number of benzene rings is 1. The van der Waals surface area contributed by atoms with Gasteiger partial charge in [0.15, 0.2) is 0 Å². The van der Waals surface area contributed by atoms with Gasteiger partial charge in [-0.1, -0.05) is 20.4 Å². The predicted molar refractivity (Wildman–Crippen MR) is 83.4 cm³/mol. The smallest absolute Gasteiger partial charge is 0.328 e. The van der Waals surface area contributed by atoms with Gasteiger partial charge in [0.2, 0.25) is 5.91 Å². The van der Waals surface area contributed by atoms with Crippen molar-refractivity contribution in [1.82, 2.24) is 5.32 Å². The van der Waals surface area contributed by atoms with Gasteiger partial charge in [-0.25, -0.2) is 4.79 Å². The van der Waals surface area contributed by atoms with E-state index in [1.54, 1.807) is 24.3 Å². The normalized spacial score (nSPS) is 11.5. The number of ether oxygens (including phenoxy) is 1. The van der Waals surface area contributed by atoms with Crippen LogP contribution in [-0.4, -0.2) is 30.9 Å². The number of methoxy groups -OCH3 is 1. The van der Waals surface area contributed by atoms with Gasteiger partial charge in [-0.05, 0) is 36.3 Å². The van der Waals surface area contributed by atoms with Crippen LogP contribution in [0.15, 0.2) is 36.9 Å². The van der Waals surface area contributed by atoms with Crippen LogP contribution in [0.1, 0.15) is 24.2 Å². The average molecular weight is 304 g/mol. The van der Waals surface area contributed by atoms with Gasteiger partial charge in [0, 0.05) is 11.3 Å². The van der Waals surface area contributed by atoms with Crippen LogP contribution in [0.3, 0.4) is 0 Å². The highest BCUT2D eigenvalue weighted by Gasteiger charge is 2.25. The number of anilines is 1. The second kappa shape index (κ2) is 7.97. The van der Waals surface area contributed by atoms with Gasteiger partial charge < -0.3 is 15.4 Å². The average Bonchev–Trinajstić information content (AvgIpc) is 2.51. The standard InChI is InChI=1S/C16H20N2O4/c1-5-13(19)17-12-8-6-11(7-9-12)15(20)18-14(10(2)3)16(21)22-4/h5-10,14H,1H2,2-4H3,(H,17,19)(H,18,20). The second-order valence-electron chi connectivity index (χ2n) is 4.99. The largest absolute Gasteiger partial charge is 0.467 e. The van der Waals surface area contributed by atoms with E-state index in [1.807, 2.05) is 13.8 Å². The first kappa shape index (κ1) is 17.4. The molecule has 0 saturated carbocycles. The molecule has 0 fully saturated rings. The van der Waals surface area contributed by atoms with E-state index in [0.717, 1.165) is 6.08 Å². The van der Waals surface area contributed by atoms with Crippen LogP contribution < -0.4 is 10.6 Å². The van der Waals surface area contributed by atoms with Crippen molar-refractivity contribution in [1.29, 1.82) is 0 Å². The summed E-state index contributed by atoms with van der Waals surface area (Å²) >= 11 is 0. The third-order valence-corrected chi connectivity index (χ3v) is 3.01. The summed E-state index contributed by atoms with van der Waals surface area (Å²) < 4.78 is 4.68. The molecule has 1 rings (SSSR count). The van der Waals surface area contributed by atoms with Crippen molar-refractivity contribution in [3.63, 3.8) is 0 Å². The number of hydrogen-bond acceptors (Lipinski definition) is 4. The van der Waals surface area contributed by atoms with E-state index in [2.05, 4.69) is 21.9 Å². The molecule has 0 heterocycles. The zero-order chi connectivity index (χ0) is 16.7. The van der Waals surface area contributed by atoms with Gasteiger partial charge >= 0.3 is 5.97 Å². The van der Waals surface area contributed by atoms with Gasteiger partial charge in [0.05, 0.1) is 7.11 Å². The summed E-state index contributed by atoms with van der Waals surface area (Å²) in [6.07, 6.45) is 1.16. The molecule has 0 aromatic heterocycles. The molecule has 0 aliphatic carbocycles. The molecule has 0 spiro atoms. The maximum absolute atomic E-state index is 12.1. The highest BCUT2D eigenvalue weighted by atomic mass is 16.5. The van der Waals surface area contributed by atoms with Crippen molar-refractivity contribution >= 4 is 23.5 Å². The van der Waals surface area contributed by atoms with E-state index in [0.29, 0.717) is 11.3 Å². The number of carbonyl (C=O) groups is 3. The number of amides is 2. The molecule has 0 aliphatic heterocycles. The van der Waals surface area contributed by atoms with E-state index < -0.39 is 12.0 Å². The van der Waals surface area contributed by atoms with Crippen LogP contribution in [0.4, 0.5) is 5.69 Å². The van der Waals surface area contributed by atoms with Gasteiger partial charge in [-0.2, -0.15) is 0 Å². The lowest BCUT2D eigenvalue weighted by Crippen LogP contribution is -2.45. The summed E-state index contributed by atoms with van der Waals surface area (Å²) in [5.41, 5.74) is 0.931. The van der Waals surface area contributed by atoms with Crippen molar-refractivity contribution in [2.24, 2.45) is 5.92 Å². The molecule has 0 radical (unpaired) electrons. The number of rotatable bonds is 6. The highest BCUT2D eigenvalue weighted by Crippen LogP contribution is 2.11. The highest BCUT2D eigenvalue weighted by molar-refractivity contribution is 6.00. The molecule has 1 aromatic carbocycles. The summed E-state index contributed by atoms with van der Waals surface area (Å²) in [5, 5.41) is 5.22. The molecule has 22 heavy (non-hydrogen) atoms. The van der Waals surface area contributed by atoms with Gasteiger partial charge in [0.1, 0.15) is 6.04 Å². The number of nitrogens with one attached hydrogen (secondary N) is 2. The Morgan fingerprint density at radius 3 is 2.23 bits per heavy atom. The minimum Gasteiger partial charge on any atom is -0.467 e. The molecule has 6 heteroatoms. The third-order valence-electron chi connectivity index (χ3n) is 3.01. The van der Waals surface area contributed by atoms with Crippen LogP contribution >= 0.6 is 0 Å². The Labute approximate surface area is 129 Å². The first-order valence-corrected chi connectivity index (χ1v) is 6.81. The topological polar surface area (TPSA) is 84.5 Å². The summed E-state index contributed by atoms with van der Waals surface area (Å²) in [5.74, 6) is -1.30. The van der Waals surface area contributed by atoms with E-state index in [4.69, 9.17) is 0 Å². The lowest BCUT2D eigenvalue weighted by Gasteiger charge is -2.19. The van der Waals surface area contributed by atoms with E-state index >= 15 is 0 Å². The fraction of sp³-hybridized carbons (Fsp3) is 0.312. The molecule has 6 nitrogen and oxygen atoms in total. The predicted octanol–water partition coefficient (Wildman–Crippen LogP) is 1.74. The summed E-state index contributed by atoms with van der Waals surface area (Å²) in [6.45, 7) is 6.99. The number of carbonyl (C=O) groups excluding carboxylic acids is 3. The number of esters is 1. The first-order chi connectivity index (χ1) is 10.4. The maximum atomic E-state index is 12.1. The Hall–Kier alpha value is -2.63. The van der Waals surface area contributed by atoms with E-state index in [-0.39, 0.29) is 17.7 Å². The molecular formula is C16H20N2O4. The monoisotopic (exact) mass is 304 g/mol. The fourth-order valence-corrected chi connectivity index (χ4v) is 1.75. The SMILES string of the molecule is C=CC(=O)Nc1ccc(C(=O)NC(C(=O)OC)C(C)C)cc1. The molecule has 2 N–H and O–H groups in total. The summed E-state index contributed by atoms with van der Waals surface area (Å²) in [4.78, 5) is 35.0. The molecule has 2 amide bonds.